The van der Waals surface area contributed by atoms with Gasteiger partial charge in [0.15, 0.2) is 5.65 Å². The second-order valence-corrected chi connectivity index (χ2v) is 2.92. The average Bonchev–Trinajstić information content (AvgIpc) is 2.63. The molecule has 0 saturated heterocycles. The number of nitrogens with one attached hydrogen (secondary N) is 2. The van der Waals surface area contributed by atoms with Crippen molar-refractivity contribution in [1.29, 1.82) is 0 Å². The van der Waals surface area contributed by atoms with Gasteiger partial charge in [-0.05, 0) is 6.42 Å². The summed E-state index contributed by atoms with van der Waals surface area (Å²) >= 11 is 0. The van der Waals surface area contributed by atoms with E-state index in [1.54, 1.807) is 12.3 Å². The number of aromatic nitrogens is 4. The highest BCUT2D eigenvalue weighted by Gasteiger charge is 2.01. The Kier molecular flexibility index (Phi) is 2.18. The van der Waals surface area contributed by atoms with Crippen molar-refractivity contribution in [3.05, 3.63) is 22.7 Å². The molecule has 0 bridgehead atoms. The minimum absolute atomic E-state index is 0.279. The number of rotatable bonds is 3. The smallest absolute Gasteiger partial charge is 0.350 e. The predicted octanol–water partition coefficient (Wildman–Crippen LogP) is 0.239. The molecular weight excluding hydrogens is 182 g/mol. The zero-order valence-corrected chi connectivity index (χ0v) is 7.82. The van der Waals surface area contributed by atoms with Crippen molar-refractivity contribution in [1.82, 2.24) is 19.6 Å². The Bertz CT molecular complexity index is 486. The van der Waals surface area contributed by atoms with Crippen molar-refractivity contribution in [2.24, 2.45) is 0 Å². The van der Waals surface area contributed by atoms with Gasteiger partial charge in [0.2, 0.25) is 5.95 Å². The Morgan fingerprint density at radius 3 is 3.29 bits per heavy atom. The summed E-state index contributed by atoms with van der Waals surface area (Å²) in [5, 5.41) is 6.83. The molecule has 0 spiro atoms. The third-order valence-corrected chi connectivity index (χ3v) is 1.81. The molecule has 0 aliphatic carbocycles. The average molecular weight is 193 g/mol. The molecule has 2 aromatic rings. The molecule has 2 aromatic heterocycles. The van der Waals surface area contributed by atoms with Crippen LogP contribution in [-0.2, 0) is 0 Å². The van der Waals surface area contributed by atoms with Gasteiger partial charge < -0.3 is 5.32 Å². The SMILES string of the molecule is CCCNc1nc2ccnn2c(=O)[nH]1. The first kappa shape index (κ1) is 8.74. The molecule has 0 unspecified atom stereocenters. The number of fused-ring (bicyclic) bond motifs is 1. The van der Waals surface area contributed by atoms with Gasteiger partial charge in [0.1, 0.15) is 0 Å². The zero-order valence-electron chi connectivity index (χ0n) is 7.82. The summed E-state index contributed by atoms with van der Waals surface area (Å²) in [5.41, 5.74) is 0.269. The van der Waals surface area contributed by atoms with E-state index in [4.69, 9.17) is 0 Å². The van der Waals surface area contributed by atoms with Gasteiger partial charge in [0.25, 0.3) is 0 Å². The van der Waals surface area contributed by atoms with Crippen LogP contribution in [0.5, 0.6) is 0 Å². The van der Waals surface area contributed by atoms with Crippen LogP contribution in [0.15, 0.2) is 17.1 Å². The second-order valence-electron chi connectivity index (χ2n) is 2.92. The van der Waals surface area contributed by atoms with Gasteiger partial charge in [-0.25, -0.2) is 4.79 Å². The van der Waals surface area contributed by atoms with Crippen molar-refractivity contribution < 1.29 is 0 Å². The van der Waals surface area contributed by atoms with Gasteiger partial charge in [-0.15, -0.1) is 0 Å². The van der Waals surface area contributed by atoms with E-state index in [1.165, 1.54) is 4.52 Å². The molecule has 0 aromatic carbocycles. The Labute approximate surface area is 80.0 Å². The van der Waals surface area contributed by atoms with Crippen LogP contribution in [0.25, 0.3) is 5.65 Å². The molecule has 0 aliphatic heterocycles. The van der Waals surface area contributed by atoms with Gasteiger partial charge in [0.05, 0.1) is 6.20 Å². The molecule has 0 atom stereocenters. The summed E-state index contributed by atoms with van der Waals surface area (Å²) < 4.78 is 1.22. The number of nitrogens with zero attached hydrogens (tertiary/aromatic N) is 3. The Balaban J connectivity index is 2.43. The van der Waals surface area contributed by atoms with Crippen LogP contribution < -0.4 is 11.0 Å². The van der Waals surface area contributed by atoms with Crippen LogP contribution in [0.1, 0.15) is 13.3 Å². The highest BCUT2D eigenvalue weighted by atomic mass is 16.1. The minimum Gasteiger partial charge on any atom is -0.356 e. The monoisotopic (exact) mass is 193 g/mol. The lowest BCUT2D eigenvalue weighted by molar-refractivity contribution is 0.835. The largest absolute Gasteiger partial charge is 0.356 e. The van der Waals surface area contributed by atoms with E-state index in [1.807, 2.05) is 6.92 Å². The standard InChI is InChI=1S/C8H11N5O/c1-2-4-9-7-11-6-3-5-10-13(6)8(14)12-7/h3,5H,2,4H2,1H3,(H2,9,11,12,14). The van der Waals surface area contributed by atoms with E-state index >= 15 is 0 Å². The first-order valence-corrected chi connectivity index (χ1v) is 4.49. The van der Waals surface area contributed by atoms with E-state index in [0.717, 1.165) is 13.0 Å². The van der Waals surface area contributed by atoms with Crippen LogP contribution in [-0.4, -0.2) is 26.1 Å². The minimum atomic E-state index is -0.279. The molecule has 0 aliphatic rings. The number of hydrogen-bond acceptors (Lipinski definition) is 4. The molecule has 6 heteroatoms. The maximum absolute atomic E-state index is 11.4. The summed E-state index contributed by atoms with van der Waals surface area (Å²) in [6, 6.07) is 1.69. The van der Waals surface area contributed by atoms with Crippen LogP contribution in [0.4, 0.5) is 5.95 Å². The van der Waals surface area contributed by atoms with Gasteiger partial charge in [-0.2, -0.15) is 14.6 Å². The lowest BCUT2D eigenvalue weighted by atomic mass is 10.5. The summed E-state index contributed by atoms with van der Waals surface area (Å²) in [6.45, 7) is 2.83. The van der Waals surface area contributed by atoms with Crippen molar-refractivity contribution in [2.75, 3.05) is 11.9 Å². The van der Waals surface area contributed by atoms with Crippen LogP contribution >= 0.6 is 0 Å². The highest BCUT2D eigenvalue weighted by molar-refractivity contribution is 5.40. The summed E-state index contributed by atoms with van der Waals surface area (Å²) in [6.07, 6.45) is 2.52. The Morgan fingerprint density at radius 2 is 2.50 bits per heavy atom. The van der Waals surface area contributed by atoms with Crippen molar-refractivity contribution in [2.45, 2.75) is 13.3 Å². The maximum atomic E-state index is 11.4. The molecule has 0 fully saturated rings. The zero-order chi connectivity index (χ0) is 9.97. The quantitative estimate of drug-likeness (QED) is 0.732. The van der Waals surface area contributed by atoms with Gasteiger partial charge in [0, 0.05) is 12.6 Å². The first-order chi connectivity index (χ1) is 6.81. The fourth-order valence-electron chi connectivity index (χ4n) is 1.16. The van der Waals surface area contributed by atoms with Crippen molar-refractivity contribution in [3.8, 4) is 0 Å². The fraction of sp³-hybridized carbons (Fsp3) is 0.375. The number of H-pyrrole nitrogens is 1. The molecule has 2 rings (SSSR count). The van der Waals surface area contributed by atoms with E-state index in [2.05, 4.69) is 20.4 Å². The van der Waals surface area contributed by atoms with E-state index in [9.17, 15) is 4.79 Å². The topological polar surface area (TPSA) is 75.1 Å². The van der Waals surface area contributed by atoms with Crippen LogP contribution in [0.2, 0.25) is 0 Å². The van der Waals surface area contributed by atoms with E-state index in [-0.39, 0.29) is 5.69 Å². The normalized spacial score (nSPS) is 10.6. The van der Waals surface area contributed by atoms with E-state index in [0.29, 0.717) is 11.6 Å². The summed E-state index contributed by atoms with van der Waals surface area (Å²) in [4.78, 5) is 18.1. The third-order valence-electron chi connectivity index (χ3n) is 1.81. The molecule has 14 heavy (non-hydrogen) atoms. The molecule has 0 amide bonds. The predicted molar refractivity (Wildman–Crippen MR) is 52.4 cm³/mol. The van der Waals surface area contributed by atoms with Gasteiger partial charge in [-0.3, -0.25) is 4.98 Å². The van der Waals surface area contributed by atoms with Gasteiger partial charge >= 0.3 is 5.69 Å². The lowest BCUT2D eigenvalue weighted by Crippen LogP contribution is -2.21. The molecule has 0 radical (unpaired) electrons. The first-order valence-electron chi connectivity index (χ1n) is 4.49. The van der Waals surface area contributed by atoms with Crippen molar-refractivity contribution >= 4 is 11.6 Å². The molecule has 74 valence electrons. The molecule has 2 N–H and O–H groups in total. The number of hydrogen-bond donors (Lipinski definition) is 2. The third kappa shape index (κ3) is 1.46. The van der Waals surface area contributed by atoms with Crippen LogP contribution in [0.3, 0.4) is 0 Å². The molecular formula is C8H11N5O. The second kappa shape index (κ2) is 3.49. The molecule has 2 heterocycles. The number of aromatic amines is 1. The van der Waals surface area contributed by atoms with Crippen LogP contribution in [0, 0.1) is 0 Å². The number of anilines is 1. The maximum Gasteiger partial charge on any atom is 0.350 e. The molecule has 6 nitrogen and oxygen atoms in total. The summed E-state index contributed by atoms with van der Waals surface area (Å²) in [7, 11) is 0. The van der Waals surface area contributed by atoms with Crippen molar-refractivity contribution in [3.63, 3.8) is 0 Å². The Hall–Kier alpha value is -1.85. The molecule has 0 saturated carbocycles. The summed E-state index contributed by atoms with van der Waals surface area (Å²) in [5.74, 6) is 0.491. The van der Waals surface area contributed by atoms with E-state index < -0.39 is 0 Å². The Morgan fingerprint density at radius 1 is 1.64 bits per heavy atom. The van der Waals surface area contributed by atoms with Gasteiger partial charge in [-0.1, -0.05) is 6.92 Å². The highest BCUT2D eigenvalue weighted by Crippen LogP contribution is 1.98. The fourth-order valence-corrected chi connectivity index (χ4v) is 1.16. The lowest BCUT2D eigenvalue weighted by Gasteiger charge is -2.02.